The number of imidazole rings is 1. The molecule has 32 heavy (non-hydrogen) atoms. The maximum absolute atomic E-state index is 11.6. The summed E-state index contributed by atoms with van der Waals surface area (Å²) in [5.41, 5.74) is 9.27. The fourth-order valence-electron chi connectivity index (χ4n) is 3.66. The van der Waals surface area contributed by atoms with Crippen LogP contribution in [0.15, 0.2) is 84.9 Å². The topological polar surface area (TPSA) is 104 Å². The molecular formula is C24H21N5O3. The quantitative estimate of drug-likeness (QED) is 0.469. The number of carbonyl (C=O) groups is 1. The van der Waals surface area contributed by atoms with E-state index in [1.165, 1.54) is 0 Å². The van der Waals surface area contributed by atoms with E-state index in [0.717, 1.165) is 22.6 Å². The number of hydrogen-bond acceptors (Lipinski definition) is 6. The molecule has 0 saturated heterocycles. The van der Waals surface area contributed by atoms with Crippen LogP contribution in [-0.4, -0.2) is 33.3 Å². The number of ether oxygens (including phenoxy) is 2. The summed E-state index contributed by atoms with van der Waals surface area (Å²) in [5.74, 6) is 0.891. The second-order valence-electron chi connectivity index (χ2n) is 7.41. The van der Waals surface area contributed by atoms with Gasteiger partial charge in [-0.05, 0) is 36.2 Å². The molecule has 8 nitrogen and oxygen atoms in total. The number of benzene rings is 2. The van der Waals surface area contributed by atoms with Gasteiger partial charge in [0.15, 0.2) is 11.4 Å². The summed E-state index contributed by atoms with van der Waals surface area (Å²) in [5, 5.41) is 8.19. The molecule has 1 atom stereocenters. The minimum Gasteiger partial charge on any atom is -0.462 e. The molecule has 3 heterocycles. The highest BCUT2D eigenvalue weighted by molar-refractivity contribution is 5.94. The molecule has 3 N–H and O–H groups in total. The van der Waals surface area contributed by atoms with E-state index in [0.29, 0.717) is 23.4 Å². The summed E-state index contributed by atoms with van der Waals surface area (Å²) in [6.07, 6.45) is 4.06. The molecule has 0 bridgehead atoms. The van der Waals surface area contributed by atoms with Crippen LogP contribution < -0.4 is 11.1 Å². The predicted molar refractivity (Wildman–Crippen MR) is 120 cm³/mol. The summed E-state index contributed by atoms with van der Waals surface area (Å²) in [4.78, 5) is 16.0. The predicted octanol–water partition coefficient (Wildman–Crippen LogP) is 3.36. The Balaban J connectivity index is 1.48. The molecule has 160 valence electrons. The Kier molecular flexibility index (Phi) is 5.17. The molecule has 0 spiro atoms. The van der Waals surface area contributed by atoms with E-state index in [9.17, 15) is 4.79 Å². The monoisotopic (exact) mass is 427 g/mol. The molecule has 8 heteroatoms. The van der Waals surface area contributed by atoms with Gasteiger partial charge in [-0.1, -0.05) is 42.5 Å². The van der Waals surface area contributed by atoms with Crippen LogP contribution in [0.25, 0.3) is 16.9 Å². The fraction of sp³-hybridized carbons (Fsp3) is 0.125. The Morgan fingerprint density at radius 2 is 2.00 bits per heavy atom. The molecule has 0 radical (unpaired) electrons. The summed E-state index contributed by atoms with van der Waals surface area (Å²) >= 11 is 0. The smallest absolute Gasteiger partial charge is 0.248 e. The van der Waals surface area contributed by atoms with Crippen molar-refractivity contribution in [2.75, 3.05) is 12.1 Å². The van der Waals surface area contributed by atoms with Crippen molar-refractivity contribution in [3.8, 4) is 11.3 Å². The Morgan fingerprint density at radius 1 is 1.12 bits per heavy atom. The minimum absolute atomic E-state index is 0.157. The van der Waals surface area contributed by atoms with E-state index in [4.69, 9.17) is 20.3 Å². The average molecular weight is 427 g/mol. The highest BCUT2D eigenvalue weighted by Crippen LogP contribution is 2.24. The number of fused-ring (bicyclic) bond motifs is 1. The molecular weight excluding hydrogens is 406 g/mol. The lowest BCUT2D eigenvalue weighted by molar-refractivity contribution is 0.0764. The van der Waals surface area contributed by atoms with Gasteiger partial charge >= 0.3 is 0 Å². The van der Waals surface area contributed by atoms with Gasteiger partial charge in [-0.2, -0.15) is 0 Å². The van der Waals surface area contributed by atoms with Gasteiger partial charge in [0, 0.05) is 11.1 Å². The van der Waals surface area contributed by atoms with E-state index in [2.05, 4.69) is 22.4 Å². The third-order valence-corrected chi connectivity index (χ3v) is 5.25. The van der Waals surface area contributed by atoms with Crippen LogP contribution in [0.2, 0.25) is 0 Å². The lowest BCUT2D eigenvalue weighted by Gasteiger charge is -2.19. The summed E-state index contributed by atoms with van der Waals surface area (Å²) in [6.45, 7) is 0.205. The van der Waals surface area contributed by atoms with Crippen molar-refractivity contribution in [3.63, 3.8) is 0 Å². The van der Waals surface area contributed by atoms with Gasteiger partial charge in [0.1, 0.15) is 12.1 Å². The third kappa shape index (κ3) is 3.98. The molecule has 1 unspecified atom stereocenters. The van der Waals surface area contributed by atoms with Gasteiger partial charge in [-0.3, -0.25) is 4.79 Å². The maximum atomic E-state index is 11.6. The summed E-state index contributed by atoms with van der Waals surface area (Å²) in [6, 6.07) is 20.9. The SMILES string of the molecule is NC(=O)c1cccc(-c2cnc3ccc(NC(Cc4ccccc4)C4=COCO4)nn23)c1. The first-order valence-corrected chi connectivity index (χ1v) is 10.2. The normalized spacial score (nSPS) is 13.8. The molecule has 4 aromatic rings. The Bertz CT molecular complexity index is 1300. The standard InChI is InChI=1S/C24H21N5O3/c25-24(30)18-8-4-7-17(12-18)20-13-26-23-10-9-22(28-29(20)23)27-19(21-14-31-15-32-21)11-16-5-2-1-3-6-16/h1-10,12-14,19H,11,15H2,(H2,25,30)(H,27,28). The molecule has 2 aromatic carbocycles. The molecule has 2 aromatic heterocycles. The zero-order chi connectivity index (χ0) is 21.9. The summed E-state index contributed by atoms with van der Waals surface area (Å²) < 4.78 is 12.7. The Hall–Kier alpha value is -4.33. The number of hydrogen-bond donors (Lipinski definition) is 2. The van der Waals surface area contributed by atoms with Gasteiger partial charge in [0.05, 0.1) is 17.9 Å². The second kappa shape index (κ2) is 8.43. The number of carbonyl (C=O) groups excluding carboxylic acids is 1. The van der Waals surface area contributed by atoms with Crippen molar-refractivity contribution in [1.29, 1.82) is 0 Å². The number of rotatable bonds is 7. The van der Waals surface area contributed by atoms with E-state index >= 15 is 0 Å². The van der Waals surface area contributed by atoms with Crippen LogP contribution in [0, 0.1) is 0 Å². The average Bonchev–Trinajstić information content (AvgIpc) is 3.50. The van der Waals surface area contributed by atoms with Gasteiger partial charge in [-0.15, -0.1) is 5.10 Å². The van der Waals surface area contributed by atoms with Crippen molar-refractivity contribution >= 4 is 17.4 Å². The number of primary amides is 1. The van der Waals surface area contributed by atoms with Crippen LogP contribution in [0.5, 0.6) is 0 Å². The van der Waals surface area contributed by atoms with Crippen molar-refractivity contribution in [1.82, 2.24) is 14.6 Å². The summed E-state index contributed by atoms with van der Waals surface area (Å²) in [7, 11) is 0. The number of amides is 1. The zero-order valence-corrected chi connectivity index (χ0v) is 17.1. The van der Waals surface area contributed by atoms with Gasteiger partial charge < -0.3 is 20.5 Å². The number of nitrogens with one attached hydrogen (secondary N) is 1. The lowest BCUT2D eigenvalue weighted by atomic mass is 10.0. The van der Waals surface area contributed by atoms with Gasteiger partial charge in [0.2, 0.25) is 12.7 Å². The van der Waals surface area contributed by atoms with E-state index in [1.807, 2.05) is 36.4 Å². The first-order valence-electron chi connectivity index (χ1n) is 10.2. The first-order chi connectivity index (χ1) is 15.7. The van der Waals surface area contributed by atoms with Gasteiger partial charge in [-0.25, -0.2) is 9.50 Å². The number of nitrogens with two attached hydrogens (primary N) is 1. The lowest BCUT2D eigenvalue weighted by Crippen LogP contribution is -2.26. The van der Waals surface area contributed by atoms with Crippen LogP contribution in [0.3, 0.4) is 0 Å². The maximum Gasteiger partial charge on any atom is 0.248 e. The molecule has 5 rings (SSSR count). The van der Waals surface area contributed by atoms with E-state index in [-0.39, 0.29) is 12.8 Å². The highest BCUT2D eigenvalue weighted by atomic mass is 16.7. The zero-order valence-electron chi connectivity index (χ0n) is 17.1. The van der Waals surface area contributed by atoms with Crippen molar-refractivity contribution in [2.24, 2.45) is 5.73 Å². The van der Waals surface area contributed by atoms with E-state index < -0.39 is 5.91 Å². The van der Waals surface area contributed by atoms with Crippen LogP contribution in [0.1, 0.15) is 15.9 Å². The highest BCUT2D eigenvalue weighted by Gasteiger charge is 2.21. The molecule has 0 saturated carbocycles. The van der Waals surface area contributed by atoms with Crippen LogP contribution >= 0.6 is 0 Å². The van der Waals surface area contributed by atoms with Gasteiger partial charge in [0.25, 0.3) is 0 Å². The third-order valence-electron chi connectivity index (χ3n) is 5.25. The first kappa shape index (κ1) is 19.6. The number of aromatic nitrogens is 3. The van der Waals surface area contributed by atoms with Crippen molar-refractivity contribution in [3.05, 3.63) is 96.1 Å². The van der Waals surface area contributed by atoms with Crippen molar-refractivity contribution in [2.45, 2.75) is 12.5 Å². The number of anilines is 1. The largest absolute Gasteiger partial charge is 0.462 e. The Labute approximate surface area is 184 Å². The molecule has 1 aliphatic heterocycles. The minimum atomic E-state index is -0.480. The second-order valence-corrected chi connectivity index (χ2v) is 7.41. The molecule has 0 fully saturated rings. The van der Waals surface area contributed by atoms with Crippen LogP contribution in [-0.2, 0) is 15.9 Å². The molecule has 1 aliphatic rings. The molecule has 1 amide bonds. The fourth-order valence-corrected chi connectivity index (χ4v) is 3.66. The van der Waals surface area contributed by atoms with Crippen LogP contribution in [0.4, 0.5) is 5.82 Å². The molecule has 0 aliphatic carbocycles. The Morgan fingerprint density at radius 3 is 2.78 bits per heavy atom. The number of nitrogens with zero attached hydrogens (tertiary/aromatic N) is 3. The van der Waals surface area contributed by atoms with Crippen molar-refractivity contribution < 1.29 is 14.3 Å². The van der Waals surface area contributed by atoms with E-state index in [1.54, 1.807) is 35.2 Å².